The zero-order valence-corrected chi connectivity index (χ0v) is 11.9. The minimum atomic E-state index is 0.0770. The third-order valence-corrected chi connectivity index (χ3v) is 3.82. The van der Waals surface area contributed by atoms with Crippen molar-refractivity contribution in [3.05, 3.63) is 70.4 Å². The van der Waals surface area contributed by atoms with Crippen LogP contribution in [-0.4, -0.2) is 10.8 Å². The Labute approximate surface area is 122 Å². The standard InChI is InChI=1S/C17H14ClNO/c1-11-6-7-13-14(10-19-16(13)8-11)17(20)9-12-4-2-3-5-15(12)18/h2-8,10,19H,9H2,1H3. The highest BCUT2D eigenvalue weighted by Crippen LogP contribution is 2.23. The summed E-state index contributed by atoms with van der Waals surface area (Å²) in [5.41, 5.74) is 3.75. The first-order valence-electron chi connectivity index (χ1n) is 6.49. The van der Waals surface area contributed by atoms with Gasteiger partial charge in [-0.05, 0) is 30.2 Å². The first-order valence-corrected chi connectivity index (χ1v) is 6.87. The maximum absolute atomic E-state index is 12.4. The van der Waals surface area contributed by atoms with Crippen LogP contribution in [0.3, 0.4) is 0 Å². The number of carbonyl (C=O) groups is 1. The van der Waals surface area contributed by atoms with Gasteiger partial charge in [-0.25, -0.2) is 0 Å². The lowest BCUT2D eigenvalue weighted by atomic mass is 10.0. The molecule has 2 aromatic carbocycles. The minimum absolute atomic E-state index is 0.0770. The van der Waals surface area contributed by atoms with Crippen LogP contribution in [-0.2, 0) is 6.42 Å². The van der Waals surface area contributed by atoms with Crippen LogP contribution in [0.15, 0.2) is 48.7 Å². The molecule has 0 radical (unpaired) electrons. The molecule has 0 aliphatic heterocycles. The zero-order chi connectivity index (χ0) is 14.1. The summed E-state index contributed by atoms with van der Waals surface area (Å²) in [5.74, 6) is 0.0770. The summed E-state index contributed by atoms with van der Waals surface area (Å²) < 4.78 is 0. The normalized spacial score (nSPS) is 10.9. The predicted octanol–water partition coefficient (Wildman–Crippen LogP) is 4.56. The van der Waals surface area contributed by atoms with Gasteiger partial charge in [0.15, 0.2) is 5.78 Å². The molecule has 3 aromatic rings. The van der Waals surface area contributed by atoms with Crippen molar-refractivity contribution in [2.45, 2.75) is 13.3 Å². The van der Waals surface area contributed by atoms with Crippen molar-refractivity contribution in [1.29, 1.82) is 0 Å². The van der Waals surface area contributed by atoms with Crippen LogP contribution in [0.2, 0.25) is 5.02 Å². The Kier molecular flexibility index (Phi) is 3.33. The van der Waals surface area contributed by atoms with E-state index in [4.69, 9.17) is 11.6 Å². The van der Waals surface area contributed by atoms with Crippen LogP contribution in [0.1, 0.15) is 21.5 Å². The van der Waals surface area contributed by atoms with Gasteiger partial charge in [0, 0.05) is 34.1 Å². The fraction of sp³-hybridized carbons (Fsp3) is 0.118. The number of hydrogen-bond acceptors (Lipinski definition) is 1. The average molecular weight is 284 g/mol. The molecule has 1 heterocycles. The molecule has 0 spiro atoms. The van der Waals surface area contributed by atoms with E-state index >= 15 is 0 Å². The summed E-state index contributed by atoms with van der Waals surface area (Å²) in [4.78, 5) is 15.6. The minimum Gasteiger partial charge on any atom is -0.360 e. The Balaban J connectivity index is 1.95. The highest BCUT2D eigenvalue weighted by molar-refractivity contribution is 6.31. The molecule has 0 saturated heterocycles. The molecule has 3 rings (SSSR count). The number of hydrogen-bond donors (Lipinski definition) is 1. The number of benzene rings is 2. The SMILES string of the molecule is Cc1ccc2c(C(=O)Cc3ccccc3Cl)c[nH]c2c1. The quantitative estimate of drug-likeness (QED) is 0.703. The summed E-state index contributed by atoms with van der Waals surface area (Å²) in [5, 5.41) is 1.60. The average Bonchev–Trinajstić information content (AvgIpc) is 2.84. The first kappa shape index (κ1) is 12.9. The fourth-order valence-electron chi connectivity index (χ4n) is 2.38. The second kappa shape index (κ2) is 5.14. The number of fused-ring (bicyclic) bond motifs is 1. The second-order valence-electron chi connectivity index (χ2n) is 4.94. The Morgan fingerprint density at radius 3 is 2.80 bits per heavy atom. The molecular weight excluding hydrogens is 270 g/mol. The van der Waals surface area contributed by atoms with Gasteiger partial charge in [0.1, 0.15) is 0 Å². The van der Waals surface area contributed by atoms with E-state index in [1.807, 2.05) is 49.4 Å². The molecule has 0 saturated carbocycles. The highest BCUT2D eigenvalue weighted by Gasteiger charge is 2.13. The molecule has 1 N–H and O–H groups in total. The van der Waals surface area contributed by atoms with Gasteiger partial charge in [0.2, 0.25) is 0 Å². The van der Waals surface area contributed by atoms with Crippen LogP contribution in [0.5, 0.6) is 0 Å². The maximum Gasteiger partial charge on any atom is 0.169 e. The van der Waals surface area contributed by atoms with Crippen LogP contribution in [0.25, 0.3) is 10.9 Å². The molecule has 0 fully saturated rings. The molecule has 0 aliphatic rings. The molecule has 1 aromatic heterocycles. The fourth-order valence-corrected chi connectivity index (χ4v) is 2.58. The topological polar surface area (TPSA) is 32.9 Å². The van der Waals surface area contributed by atoms with Gasteiger partial charge in [-0.3, -0.25) is 4.79 Å². The monoisotopic (exact) mass is 283 g/mol. The van der Waals surface area contributed by atoms with E-state index in [-0.39, 0.29) is 5.78 Å². The van der Waals surface area contributed by atoms with Gasteiger partial charge in [-0.15, -0.1) is 0 Å². The third-order valence-electron chi connectivity index (χ3n) is 3.45. The number of carbonyl (C=O) groups excluding carboxylic acids is 1. The number of H-pyrrole nitrogens is 1. The van der Waals surface area contributed by atoms with E-state index in [1.165, 1.54) is 5.56 Å². The number of halogens is 1. The van der Waals surface area contributed by atoms with Gasteiger partial charge >= 0.3 is 0 Å². The Morgan fingerprint density at radius 1 is 1.20 bits per heavy atom. The third kappa shape index (κ3) is 2.35. The molecule has 20 heavy (non-hydrogen) atoms. The Morgan fingerprint density at radius 2 is 2.00 bits per heavy atom. The number of aryl methyl sites for hydroxylation is 1. The van der Waals surface area contributed by atoms with Crippen molar-refractivity contribution in [1.82, 2.24) is 4.98 Å². The van der Waals surface area contributed by atoms with E-state index in [1.54, 1.807) is 6.20 Å². The smallest absolute Gasteiger partial charge is 0.169 e. The molecule has 0 aliphatic carbocycles. The van der Waals surface area contributed by atoms with Gasteiger partial charge in [0.05, 0.1) is 0 Å². The molecule has 0 amide bonds. The van der Waals surface area contributed by atoms with E-state index in [2.05, 4.69) is 4.98 Å². The first-order chi connectivity index (χ1) is 9.65. The van der Waals surface area contributed by atoms with Gasteiger partial charge in [-0.1, -0.05) is 41.9 Å². The van der Waals surface area contributed by atoms with E-state index in [0.717, 1.165) is 22.0 Å². The van der Waals surface area contributed by atoms with Crippen molar-refractivity contribution >= 4 is 28.3 Å². The Bertz CT molecular complexity index is 789. The molecule has 2 nitrogen and oxygen atoms in total. The summed E-state index contributed by atoms with van der Waals surface area (Å²) in [6.45, 7) is 2.03. The summed E-state index contributed by atoms with van der Waals surface area (Å²) in [7, 11) is 0. The number of Topliss-reactive ketones (excluding diaryl/α,β-unsaturated/α-hetero) is 1. The van der Waals surface area contributed by atoms with Crippen LogP contribution in [0.4, 0.5) is 0 Å². The van der Waals surface area contributed by atoms with Crippen LogP contribution in [0, 0.1) is 6.92 Å². The predicted molar refractivity (Wildman–Crippen MR) is 82.5 cm³/mol. The summed E-state index contributed by atoms with van der Waals surface area (Å²) in [6.07, 6.45) is 2.10. The molecule has 0 unspecified atom stereocenters. The molecule has 100 valence electrons. The van der Waals surface area contributed by atoms with Crippen molar-refractivity contribution in [2.75, 3.05) is 0 Å². The van der Waals surface area contributed by atoms with E-state index < -0.39 is 0 Å². The van der Waals surface area contributed by atoms with Gasteiger partial charge < -0.3 is 4.98 Å². The van der Waals surface area contributed by atoms with Crippen molar-refractivity contribution in [3.8, 4) is 0 Å². The molecule has 0 atom stereocenters. The van der Waals surface area contributed by atoms with Gasteiger partial charge in [-0.2, -0.15) is 0 Å². The molecular formula is C17H14ClNO. The summed E-state index contributed by atoms with van der Waals surface area (Å²) in [6, 6.07) is 13.5. The highest BCUT2D eigenvalue weighted by atomic mass is 35.5. The number of rotatable bonds is 3. The molecule has 3 heteroatoms. The zero-order valence-electron chi connectivity index (χ0n) is 11.1. The lowest BCUT2D eigenvalue weighted by molar-refractivity contribution is 0.0994. The van der Waals surface area contributed by atoms with Crippen LogP contribution >= 0.6 is 11.6 Å². The number of nitrogens with one attached hydrogen (secondary N) is 1. The lowest BCUT2D eigenvalue weighted by Crippen LogP contribution is -2.03. The van der Waals surface area contributed by atoms with E-state index in [0.29, 0.717) is 11.4 Å². The second-order valence-corrected chi connectivity index (χ2v) is 5.35. The molecule has 0 bridgehead atoms. The lowest BCUT2D eigenvalue weighted by Gasteiger charge is -2.03. The van der Waals surface area contributed by atoms with Crippen molar-refractivity contribution in [3.63, 3.8) is 0 Å². The van der Waals surface area contributed by atoms with Crippen molar-refractivity contribution in [2.24, 2.45) is 0 Å². The van der Waals surface area contributed by atoms with Gasteiger partial charge in [0.25, 0.3) is 0 Å². The van der Waals surface area contributed by atoms with Crippen LogP contribution < -0.4 is 0 Å². The summed E-state index contributed by atoms with van der Waals surface area (Å²) >= 11 is 6.11. The van der Waals surface area contributed by atoms with E-state index in [9.17, 15) is 4.79 Å². The number of aromatic amines is 1. The Hall–Kier alpha value is -2.06. The number of aromatic nitrogens is 1. The van der Waals surface area contributed by atoms with Crippen molar-refractivity contribution < 1.29 is 4.79 Å². The largest absolute Gasteiger partial charge is 0.360 e. The maximum atomic E-state index is 12.4. The number of ketones is 1.